The number of carboxylic acid groups (broad SMARTS) is 2. The van der Waals surface area contributed by atoms with Crippen LogP contribution >= 0.6 is 0 Å². The number of benzene rings is 2. The minimum atomic E-state index is -1.52. The van der Waals surface area contributed by atoms with Gasteiger partial charge in [0.1, 0.15) is 12.7 Å². The summed E-state index contributed by atoms with van der Waals surface area (Å²) < 4.78 is 23.7. The minimum absolute atomic E-state index is 0.0319. The van der Waals surface area contributed by atoms with Gasteiger partial charge in [0.25, 0.3) is 11.8 Å². The predicted octanol–water partition coefficient (Wildman–Crippen LogP) is 3.28. The van der Waals surface area contributed by atoms with Crippen molar-refractivity contribution in [3.05, 3.63) is 125 Å². The summed E-state index contributed by atoms with van der Waals surface area (Å²) in [6.45, 7) is -0.254. The first kappa shape index (κ1) is 34.1. The second-order valence-corrected chi connectivity index (χ2v) is 10.6. The van der Waals surface area contributed by atoms with Gasteiger partial charge in [0.15, 0.2) is 34.6 Å². The van der Waals surface area contributed by atoms with Gasteiger partial charge in [0, 0.05) is 42.8 Å². The van der Waals surface area contributed by atoms with E-state index in [0.29, 0.717) is 23.3 Å². The highest BCUT2D eigenvalue weighted by molar-refractivity contribution is 6.08. The van der Waals surface area contributed by atoms with Gasteiger partial charge < -0.3 is 25.6 Å². The van der Waals surface area contributed by atoms with Crippen molar-refractivity contribution in [2.45, 2.75) is 6.42 Å². The van der Waals surface area contributed by atoms with Crippen LogP contribution < -0.4 is 15.4 Å². The molecule has 6 rings (SSSR count). The maximum atomic E-state index is 15.0. The quantitative estimate of drug-likeness (QED) is 0.134. The largest absolute Gasteiger partial charge is 0.490 e. The van der Waals surface area contributed by atoms with E-state index in [0.717, 1.165) is 6.07 Å². The van der Waals surface area contributed by atoms with E-state index in [-0.39, 0.29) is 46.9 Å². The fraction of sp³-hybridized carbons (Fsp3) is 0.0588. The third-order valence-corrected chi connectivity index (χ3v) is 7.36. The highest BCUT2D eigenvalue weighted by atomic mass is 19.1. The van der Waals surface area contributed by atoms with Crippen LogP contribution in [-0.2, 0) is 6.42 Å². The van der Waals surface area contributed by atoms with Crippen LogP contribution in [0.1, 0.15) is 52.8 Å². The van der Waals surface area contributed by atoms with Crippen LogP contribution in [0, 0.1) is 18.2 Å². The number of anilines is 2. The van der Waals surface area contributed by atoms with Crippen LogP contribution in [-0.4, -0.2) is 80.1 Å². The second kappa shape index (κ2) is 14.8. The normalized spacial score (nSPS) is 10.6. The first-order chi connectivity index (χ1) is 25.1. The Kier molecular flexibility index (Phi) is 9.66. The first-order valence-corrected chi connectivity index (χ1v) is 14.9. The number of hydrogen-bond donors (Lipinski definition) is 4. The van der Waals surface area contributed by atoms with Crippen molar-refractivity contribution in [2.24, 2.45) is 0 Å². The summed E-state index contributed by atoms with van der Waals surface area (Å²) in [5.74, 6) is -2.69. The molecular weight excluding hydrogens is 679 g/mol. The molecule has 0 unspecified atom stereocenters. The Morgan fingerprint density at radius 1 is 0.769 bits per heavy atom. The average molecular weight is 703 g/mol. The van der Waals surface area contributed by atoms with Crippen LogP contribution in [0.15, 0.2) is 86.0 Å². The van der Waals surface area contributed by atoms with Gasteiger partial charge >= 0.3 is 11.9 Å². The number of nitrogens with zero attached hydrogens (tertiary/aromatic N) is 8. The third kappa shape index (κ3) is 7.42. The lowest BCUT2D eigenvalue weighted by atomic mass is 9.99. The van der Waals surface area contributed by atoms with E-state index in [1.165, 1.54) is 55.2 Å². The van der Waals surface area contributed by atoms with Crippen LogP contribution in [0.2, 0.25) is 0 Å². The van der Waals surface area contributed by atoms with Crippen molar-refractivity contribution >= 4 is 35.1 Å². The zero-order valence-corrected chi connectivity index (χ0v) is 26.5. The van der Waals surface area contributed by atoms with Crippen molar-refractivity contribution < 1.29 is 38.5 Å². The molecule has 0 fully saturated rings. The minimum Gasteiger partial charge on any atom is -0.490 e. The molecule has 18 heteroatoms. The van der Waals surface area contributed by atoms with Gasteiger partial charge in [-0.25, -0.2) is 23.9 Å². The molecule has 0 aliphatic carbocycles. The summed E-state index contributed by atoms with van der Waals surface area (Å²) in [5, 5.41) is 40.1. The number of carbonyl (C=O) groups excluding carboxylic acids is 2. The number of rotatable bonds is 12. The molecule has 6 aromatic rings. The topological polar surface area (TPSA) is 229 Å². The van der Waals surface area contributed by atoms with E-state index in [9.17, 15) is 33.8 Å². The molecule has 2 amide bonds. The van der Waals surface area contributed by atoms with Crippen molar-refractivity contribution in [3.63, 3.8) is 0 Å². The highest BCUT2D eigenvalue weighted by Crippen LogP contribution is 2.28. The summed E-state index contributed by atoms with van der Waals surface area (Å²) in [4.78, 5) is 57.7. The van der Waals surface area contributed by atoms with E-state index in [1.807, 2.05) is 0 Å². The van der Waals surface area contributed by atoms with Gasteiger partial charge in [-0.15, -0.1) is 26.8 Å². The maximum Gasteiger partial charge on any atom is 0.337 e. The Balaban J connectivity index is 1.16. The van der Waals surface area contributed by atoms with Crippen molar-refractivity contribution in [2.75, 3.05) is 17.2 Å². The molecule has 2 aromatic carbocycles. The van der Waals surface area contributed by atoms with Gasteiger partial charge in [-0.2, -0.15) is 0 Å². The maximum absolute atomic E-state index is 15.0. The molecule has 0 aliphatic heterocycles. The summed E-state index contributed by atoms with van der Waals surface area (Å²) in [6.07, 6.45) is 15.0. The van der Waals surface area contributed by atoms with Crippen LogP contribution in [0.5, 0.6) is 5.75 Å². The monoisotopic (exact) mass is 702 g/mol. The SMILES string of the molecule is C#Cc1cc(NC(=O)c2ccc(-n3ccnc3)nn2)c(C(=O)O)cc1CCOc1cc(NC(=O)c2ccc(-n3ccnc3)nn2)c(C(=O)O)cc1F. The van der Waals surface area contributed by atoms with Crippen molar-refractivity contribution in [3.8, 4) is 29.7 Å². The molecule has 0 aliphatic rings. The Hall–Kier alpha value is -7.81. The molecule has 0 bridgehead atoms. The molecule has 4 N–H and O–H groups in total. The van der Waals surface area contributed by atoms with Gasteiger partial charge in [0.2, 0.25) is 0 Å². The number of hydrogen-bond acceptors (Lipinski definition) is 11. The predicted molar refractivity (Wildman–Crippen MR) is 178 cm³/mol. The summed E-state index contributed by atoms with van der Waals surface area (Å²) in [5.41, 5.74) is -0.966. The Labute approximate surface area is 291 Å². The number of imidazole rings is 2. The number of aromatic nitrogens is 8. The number of carbonyl (C=O) groups is 4. The fourth-order valence-electron chi connectivity index (χ4n) is 4.81. The van der Waals surface area contributed by atoms with Gasteiger partial charge in [-0.05, 0) is 48.0 Å². The molecule has 0 spiro atoms. The average Bonchev–Trinajstić information content (AvgIpc) is 3.89. The van der Waals surface area contributed by atoms with Gasteiger partial charge in [-0.1, -0.05) is 5.92 Å². The molecule has 0 saturated heterocycles. The smallest absolute Gasteiger partial charge is 0.337 e. The van der Waals surface area contributed by atoms with Gasteiger partial charge in [-0.3, -0.25) is 18.7 Å². The lowest BCUT2D eigenvalue weighted by Gasteiger charge is -2.15. The molecular formula is C34H23FN10O7. The number of halogens is 1. The Morgan fingerprint density at radius 2 is 1.31 bits per heavy atom. The second-order valence-electron chi connectivity index (χ2n) is 10.6. The molecule has 0 radical (unpaired) electrons. The standard InChI is InChI=1S/C34H23FN10O7/c1-2-19-14-26(38-31(46)24-3-5-29(42-40-24)44-10-8-36-17-44)21(33(48)49)13-20(19)7-12-52-28-16-27(22(34(50)51)15-23(28)35)39-32(47)25-4-6-30(43-41-25)45-11-9-37-18-45/h1,3-6,8-11,13-18H,7,12H2,(H,38,46)(H,39,47)(H,48,49)(H,50,51). The van der Waals surface area contributed by atoms with E-state index >= 15 is 0 Å². The molecule has 4 heterocycles. The molecule has 52 heavy (non-hydrogen) atoms. The van der Waals surface area contributed by atoms with E-state index in [2.05, 4.69) is 46.9 Å². The molecule has 0 atom stereocenters. The van der Waals surface area contributed by atoms with Crippen LogP contribution in [0.25, 0.3) is 11.6 Å². The Bertz CT molecular complexity index is 2340. The Morgan fingerprint density at radius 3 is 1.77 bits per heavy atom. The lowest BCUT2D eigenvalue weighted by Crippen LogP contribution is -2.18. The fourth-order valence-corrected chi connectivity index (χ4v) is 4.81. The molecule has 0 saturated carbocycles. The van der Waals surface area contributed by atoms with E-state index in [4.69, 9.17) is 11.2 Å². The van der Waals surface area contributed by atoms with Crippen LogP contribution in [0.3, 0.4) is 0 Å². The molecule has 17 nitrogen and oxygen atoms in total. The summed E-state index contributed by atoms with van der Waals surface area (Å²) in [6, 6.07) is 10.0. The zero-order valence-electron chi connectivity index (χ0n) is 26.5. The van der Waals surface area contributed by atoms with E-state index < -0.39 is 40.9 Å². The van der Waals surface area contributed by atoms with E-state index in [1.54, 1.807) is 27.7 Å². The number of carboxylic acids is 2. The van der Waals surface area contributed by atoms with Crippen molar-refractivity contribution in [1.82, 2.24) is 39.5 Å². The summed E-state index contributed by atoms with van der Waals surface area (Å²) in [7, 11) is 0. The number of amides is 2. The zero-order chi connectivity index (χ0) is 36.8. The lowest BCUT2D eigenvalue weighted by molar-refractivity contribution is 0.0686. The third-order valence-electron chi connectivity index (χ3n) is 7.36. The number of aromatic carboxylic acids is 2. The van der Waals surface area contributed by atoms with Crippen LogP contribution in [0.4, 0.5) is 15.8 Å². The van der Waals surface area contributed by atoms with Gasteiger partial charge in [0.05, 0.1) is 29.1 Å². The molecule has 258 valence electrons. The number of terminal acetylenes is 1. The number of nitrogens with one attached hydrogen (secondary N) is 2. The molecule has 4 aromatic heterocycles. The van der Waals surface area contributed by atoms with Crippen molar-refractivity contribution in [1.29, 1.82) is 0 Å². The summed E-state index contributed by atoms with van der Waals surface area (Å²) >= 11 is 0. The first-order valence-electron chi connectivity index (χ1n) is 14.9. The highest BCUT2D eigenvalue weighted by Gasteiger charge is 2.21. The number of ether oxygens (including phenoxy) is 1.